The highest BCUT2D eigenvalue weighted by atomic mass is 16.5. The van der Waals surface area contributed by atoms with Gasteiger partial charge in [-0.15, -0.1) is 0 Å². The summed E-state index contributed by atoms with van der Waals surface area (Å²) in [5, 5.41) is 17.3. The molecule has 1 amide bonds. The van der Waals surface area contributed by atoms with Crippen molar-refractivity contribution in [2.75, 3.05) is 19.7 Å². The minimum Gasteiger partial charge on any atom is -0.391 e. The van der Waals surface area contributed by atoms with Gasteiger partial charge in [-0.3, -0.25) is 9.89 Å². The van der Waals surface area contributed by atoms with Crippen LogP contribution in [0.4, 0.5) is 0 Å². The molecule has 1 aliphatic rings. The summed E-state index contributed by atoms with van der Waals surface area (Å²) in [7, 11) is 0. The molecule has 0 aromatic carbocycles. The summed E-state index contributed by atoms with van der Waals surface area (Å²) in [5.41, 5.74) is 1.09. The minimum atomic E-state index is -0.841. The van der Waals surface area contributed by atoms with E-state index in [9.17, 15) is 9.90 Å². The van der Waals surface area contributed by atoms with Crippen molar-refractivity contribution in [1.82, 2.24) is 15.1 Å². The Labute approximate surface area is 125 Å². The first-order valence-corrected chi connectivity index (χ1v) is 7.45. The largest absolute Gasteiger partial charge is 0.391 e. The number of carbonyl (C=O) groups is 1. The van der Waals surface area contributed by atoms with E-state index in [4.69, 9.17) is 4.74 Å². The van der Waals surface area contributed by atoms with E-state index in [1.165, 1.54) is 0 Å². The van der Waals surface area contributed by atoms with Gasteiger partial charge in [-0.25, -0.2) is 0 Å². The molecule has 2 atom stereocenters. The maximum atomic E-state index is 12.5. The van der Waals surface area contributed by atoms with E-state index >= 15 is 0 Å². The standard InChI is InChI=1S/C15H25N3O3/c1-5-21-15(3,4)14(20)18-8-11(13(19)9-18)7-12-6-10(2)16-17-12/h6,11,13,19H,5,7-9H2,1-4H3,(H,16,17)/t11-,13-/m1/s1. The molecular formula is C15H25N3O3. The lowest BCUT2D eigenvalue weighted by Gasteiger charge is -2.29. The Morgan fingerprint density at radius 2 is 2.29 bits per heavy atom. The van der Waals surface area contributed by atoms with Crippen LogP contribution in [0.2, 0.25) is 0 Å². The van der Waals surface area contributed by atoms with Gasteiger partial charge in [-0.1, -0.05) is 0 Å². The molecule has 2 rings (SSSR count). The van der Waals surface area contributed by atoms with Crippen molar-refractivity contribution in [2.24, 2.45) is 5.92 Å². The SMILES string of the molecule is CCOC(C)(C)C(=O)N1C[C@@H](Cc2cc(C)[nH]n2)[C@H](O)C1. The predicted octanol–water partition coefficient (Wildman–Crippen LogP) is 0.895. The molecule has 0 unspecified atom stereocenters. The van der Waals surface area contributed by atoms with Crippen LogP contribution in [0.5, 0.6) is 0 Å². The lowest BCUT2D eigenvalue weighted by Crippen LogP contribution is -2.46. The van der Waals surface area contributed by atoms with Crippen molar-refractivity contribution in [3.63, 3.8) is 0 Å². The quantitative estimate of drug-likeness (QED) is 0.846. The highest BCUT2D eigenvalue weighted by Crippen LogP contribution is 2.24. The molecule has 1 aromatic heterocycles. The summed E-state index contributed by atoms with van der Waals surface area (Å²) in [5.74, 6) is -0.0433. The second-order valence-corrected chi connectivity index (χ2v) is 6.23. The van der Waals surface area contributed by atoms with Crippen LogP contribution in [0.3, 0.4) is 0 Å². The van der Waals surface area contributed by atoms with Crippen molar-refractivity contribution < 1.29 is 14.6 Å². The zero-order valence-corrected chi connectivity index (χ0v) is 13.2. The molecule has 118 valence electrons. The van der Waals surface area contributed by atoms with E-state index < -0.39 is 11.7 Å². The van der Waals surface area contributed by atoms with Crippen LogP contribution in [0.1, 0.15) is 32.2 Å². The first-order chi connectivity index (χ1) is 9.83. The minimum absolute atomic E-state index is 0.0223. The molecule has 6 nitrogen and oxygen atoms in total. The number of amides is 1. The van der Waals surface area contributed by atoms with Gasteiger partial charge in [-0.05, 0) is 40.2 Å². The zero-order valence-electron chi connectivity index (χ0n) is 13.2. The number of H-pyrrole nitrogens is 1. The molecule has 0 bridgehead atoms. The van der Waals surface area contributed by atoms with Crippen LogP contribution in [0.25, 0.3) is 0 Å². The monoisotopic (exact) mass is 295 g/mol. The predicted molar refractivity (Wildman–Crippen MR) is 78.8 cm³/mol. The van der Waals surface area contributed by atoms with E-state index in [0.717, 1.165) is 11.4 Å². The molecule has 0 spiro atoms. The molecule has 0 radical (unpaired) electrons. The van der Waals surface area contributed by atoms with Gasteiger partial charge in [0, 0.05) is 31.3 Å². The van der Waals surface area contributed by atoms with Gasteiger partial charge < -0.3 is 14.7 Å². The van der Waals surface area contributed by atoms with Crippen molar-refractivity contribution in [3.05, 3.63) is 17.5 Å². The lowest BCUT2D eigenvalue weighted by atomic mass is 10.00. The smallest absolute Gasteiger partial charge is 0.254 e. The number of aryl methyl sites for hydroxylation is 1. The second-order valence-electron chi connectivity index (χ2n) is 6.23. The first-order valence-electron chi connectivity index (χ1n) is 7.45. The van der Waals surface area contributed by atoms with Crippen molar-refractivity contribution in [1.29, 1.82) is 0 Å². The van der Waals surface area contributed by atoms with Gasteiger partial charge in [0.1, 0.15) is 5.60 Å². The van der Waals surface area contributed by atoms with E-state index in [0.29, 0.717) is 26.1 Å². The summed E-state index contributed by atoms with van der Waals surface area (Å²) in [6, 6.07) is 1.97. The van der Waals surface area contributed by atoms with E-state index in [2.05, 4.69) is 10.2 Å². The van der Waals surface area contributed by atoms with Gasteiger partial charge in [0.05, 0.1) is 11.8 Å². The van der Waals surface area contributed by atoms with Crippen LogP contribution in [0.15, 0.2) is 6.07 Å². The molecule has 21 heavy (non-hydrogen) atoms. The second kappa shape index (κ2) is 6.15. The number of nitrogens with zero attached hydrogens (tertiary/aromatic N) is 2. The normalized spacial score (nSPS) is 22.8. The number of aromatic nitrogens is 2. The number of nitrogens with one attached hydrogen (secondary N) is 1. The average molecular weight is 295 g/mol. The third-order valence-electron chi connectivity index (χ3n) is 3.94. The highest BCUT2D eigenvalue weighted by Gasteiger charge is 2.40. The topological polar surface area (TPSA) is 78.5 Å². The maximum absolute atomic E-state index is 12.5. The van der Waals surface area contributed by atoms with E-state index in [1.54, 1.807) is 18.7 Å². The van der Waals surface area contributed by atoms with Gasteiger partial charge in [0.25, 0.3) is 5.91 Å². The highest BCUT2D eigenvalue weighted by molar-refractivity contribution is 5.84. The van der Waals surface area contributed by atoms with E-state index in [-0.39, 0.29) is 11.8 Å². The average Bonchev–Trinajstić information content (AvgIpc) is 2.96. The van der Waals surface area contributed by atoms with Crippen LogP contribution in [-0.2, 0) is 16.0 Å². The number of rotatable bonds is 5. The number of carbonyl (C=O) groups excluding carboxylic acids is 1. The van der Waals surface area contributed by atoms with Gasteiger partial charge >= 0.3 is 0 Å². The Balaban J connectivity index is 1.98. The fourth-order valence-electron chi connectivity index (χ4n) is 2.87. The van der Waals surface area contributed by atoms with Gasteiger partial charge in [0.15, 0.2) is 0 Å². The number of likely N-dealkylation sites (tertiary alicyclic amines) is 1. The summed E-state index contributed by atoms with van der Waals surface area (Å²) >= 11 is 0. The van der Waals surface area contributed by atoms with Crippen molar-refractivity contribution in [3.8, 4) is 0 Å². The Morgan fingerprint density at radius 3 is 2.86 bits per heavy atom. The third kappa shape index (κ3) is 3.63. The Bertz CT molecular complexity index is 498. The molecule has 1 aromatic rings. The lowest BCUT2D eigenvalue weighted by molar-refractivity contribution is -0.153. The first kappa shape index (κ1) is 16.0. The van der Waals surface area contributed by atoms with Crippen LogP contribution in [-0.4, -0.2) is 57.5 Å². The van der Waals surface area contributed by atoms with Gasteiger partial charge in [-0.2, -0.15) is 5.10 Å². The Morgan fingerprint density at radius 1 is 1.57 bits per heavy atom. The molecule has 2 heterocycles. The fourth-order valence-corrected chi connectivity index (χ4v) is 2.87. The number of aliphatic hydroxyl groups excluding tert-OH is 1. The van der Waals surface area contributed by atoms with Crippen LogP contribution in [0, 0.1) is 12.8 Å². The molecule has 2 N–H and O–H groups in total. The van der Waals surface area contributed by atoms with Gasteiger partial charge in [0.2, 0.25) is 0 Å². The number of β-amino-alcohol motifs (C(OH)–C–C–N with tert-alkyl or cyclic N) is 1. The molecule has 0 saturated carbocycles. The van der Waals surface area contributed by atoms with Crippen molar-refractivity contribution >= 4 is 5.91 Å². The Kier molecular flexibility index (Phi) is 4.68. The zero-order chi connectivity index (χ0) is 15.6. The number of hydrogen-bond acceptors (Lipinski definition) is 4. The maximum Gasteiger partial charge on any atom is 0.254 e. The number of aliphatic hydroxyl groups is 1. The number of ether oxygens (including phenoxy) is 1. The van der Waals surface area contributed by atoms with Crippen molar-refractivity contribution in [2.45, 2.75) is 45.8 Å². The molecule has 1 saturated heterocycles. The summed E-state index contributed by atoms with van der Waals surface area (Å²) in [6.07, 6.45) is 0.160. The van der Waals surface area contributed by atoms with Crippen LogP contribution >= 0.6 is 0 Å². The number of aromatic amines is 1. The Hall–Kier alpha value is -1.40. The fraction of sp³-hybridized carbons (Fsp3) is 0.733. The summed E-state index contributed by atoms with van der Waals surface area (Å²) < 4.78 is 5.51. The molecule has 1 fully saturated rings. The summed E-state index contributed by atoms with van der Waals surface area (Å²) in [4.78, 5) is 14.2. The third-order valence-corrected chi connectivity index (χ3v) is 3.94. The molecule has 6 heteroatoms. The van der Waals surface area contributed by atoms with Crippen LogP contribution < -0.4 is 0 Å². The molecule has 0 aliphatic carbocycles. The molecule has 1 aliphatic heterocycles. The summed E-state index contributed by atoms with van der Waals surface area (Å²) in [6.45, 7) is 8.76. The molecular weight excluding hydrogens is 270 g/mol. The number of hydrogen-bond donors (Lipinski definition) is 2. The van der Waals surface area contributed by atoms with E-state index in [1.807, 2.05) is 19.9 Å².